The number of esters is 1. The van der Waals surface area contributed by atoms with Gasteiger partial charge in [0, 0.05) is 12.1 Å². The first-order chi connectivity index (χ1) is 9.54. The molecule has 1 aromatic carbocycles. The zero-order chi connectivity index (χ0) is 14.7. The Hall–Kier alpha value is -1.84. The van der Waals surface area contributed by atoms with Gasteiger partial charge in [-0.05, 0) is 44.7 Å². The van der Waals surface area contributed by atoms with E-state index in [1.54, 1.807) is 4.90 Å². The van der Waals surface area contributed by atoms with Gasteiger partial charge in [0.2, 0.25) is 0 Å². The standard InChI is InChI=1S/C16H21NO3/c1-11-7-8-13(12(2)10-11)15(18)17-9-5-4-6-14(17)16(19)20-3/h7-8,10,14H,4-6,9H2,1-3H3. The van der Waals surface area contributed by atoms with Crippen molar-refractivity contribution in [3.8, 4) is 0 Å². The minimum Gasteiger partial charge on any atom is -0.467 e. The molecule has 1 amide bonds. The van der Waals surface area contributed by atoms with Gasteiger partial charge in [0.15, 0.2) is 0 Å². The van der Waals surface area contributed by atoms with Crippen LogP contribution in [0.25, 0.3) is 0 Å². The average Bonchev–Trinajstić information content (AvgIpc) is 2.46. The van der Waals surface area contributed by atoms with E-state index in [1.165, 1.54) is 7.11 Å². The molecule has 0 spiro atoms. The van der Waals surface area contributed by atoms with E-state index in [9.17, 15) is 9.59 Å². The van der Waals surface area contributed by atoms with E-state index in [0.29, 0.717) is 18.5 Å². The Morgan fingerprint density at radius 3 is 2.65 bits per heavy atom. The van der Waals surface area contributed by atoms with E-state index < -0.39 is 6.04 Å². The van der Waals surface area contributed by atoms with Crippen molar-refractivity contribution in [2.75, 3.05) is 13.7 Å². The molecule has 0 bridgehead atoms. The summed E-state index contributed by atoms with van der Waals surface area (Å²) < 4.78 is 4.82. The molecule has 1 fully saturated rings. The quantitative estimate of drug-likeness (QED) is 0.779. The predicted octanol–water partition coefficient (Wildman–Crippen LogP) is 2.47. The largest absolute Gasteiger partial charge is 0.467 e. The number of amides is 1. The van der Waals surface area contributed by atoms with E-state index >= 15 is 0 Å². The Kier molecular flexibility index (Phi) is 4.42. The molecule has 20 heavy (non-hydrogen) atoms. The van der Waals surface area contributed by atoms with Gasteiger partial charge in [0.05, 0.1) is 7.11 Å². The lowest BCUT2D eigenvalue weighted by atomic mass is 9.99. The first kappa shape index (κ1) is 14.6. The summed E-state index contributed by atoms with van der Waals surface area (Å²) in [5.74, 6) is -0.389. The molecule has 1 atom stereocenters. The molecule has 0 aromatic heterocycles. The van der Waals surface area contributed by atoms with E-state index in [4.69, 9.17) is 4.74 Å². The summed E-state index contributed by atoms with van der Waals surface area (Å²) in [5, 5.41) is 0. The number of nitrogens with zero attached hydrogens (tertiary/aromatic N) is 1. The van der Waals surface area contributed by atoms with Crippen molar-refractivity contribution in [3.05, 3.63) is 34.9 Å². The second-order valence-electron chi connectivity index (χ2n) is 5.35. The third kappa shape index (κ3) is 2.84. The maximum atomic E-state index is 12.7. The fourth-order valence-electron chi connectivity index (χ4n) is 2.76. The number of carbonyl (C=O) groups is 2. The summed E-state index contributed by atoms with van der Waals surface area (Å²) in [7, 11) is 1.37. The maximum Gasteiger partial charge on any atom is 0.328 e. The second kappa shape index (κ2) is 6.07. The molecule has 0 radical (unpaired) electrons. The van der Waals surface area contributed by atoms with E-state index in [1.807, 2.05) is 32.0 Å². The SMILES string of the molecule is COC(=O)C1CCCCN1C(=O)c1ccc(C)cc1C. The zero-order valence-corrected chi connectivity index (χ0v) is 12.3. The molecule has 4 heteroatoms. The first-order valence-corrected chi connectivity index (χ1v) is 7.00. The van der Waals surface area contributed by atoms with E-state index in [2.05, 4.69) is 0 Å². The molecular weight excluding hydrogens is 254 g/mol. The van der Waals surface area contributed by atoms with Crippen LogP contribution < -0.4 is 0 Å². The molecule has 1 saturated heterocycles. The third-order valence-electron chi connectivity index (χ3n) is 3.85. The van der Waals surface area contributed by atoms with Crippen LogP contribution in [0.3, 0.4) is 0 Å². The van der Waals surface area contributed by atoms with Crippen molar-refractivity contribution in [1.82, 2.24) is 4.90 Å². The van der Waals surface area contributed by atoms with Gasteiger partial charge in [-0.1, -0.05) is 17.7 Å². The fourth-order valence-corrected chi connectivity index (χ4v) is 2.76. The molecule has 1 aromatic rings. The van der Waals surface area contributed by atoms with Gasteiger partial charge in [0.25, 0.3) is 5.91 Å². The molecule has 1 heterocycles. The van der Waals surface area contributed by atoms with Crippen LogP contribution >= 0.6 is 0 Å². The number of piperidine rings is 1. The predicted molar refractivity (Wildman–Crippen MR) is 76.6 cm³/mol. The highest BCUT2D eigenvalue weighted by Crippen LogP contribution is 2.22. The summed E-state index contributed by atoms with van der Waals surface area (Å²) in [6.07, 6.45) is 2.57. The van der Waals surface area contributed by atoms with Crippen molar-refractivity contribution in [2.45, 2.75) is 39.2 Å². The Morgan fingerprint density at radius 1 is 1.25 bits per heavy atom. The molecule has 1 aliphatic heterocycles. The Morgan fingerprint density at radius 2 is 2.00 bits per heavy atom. The highest BCUT2D eigenvalue weighted by atomic mass is 16.5. The van der Waals surface area contributed by atoms with Crippen molar-refractivity contribution >= 4 is 11.9 Å². The van der Waals surface area contributed by atoms with Crippen LogP contribution in [0.2, 0.25) is 0 Å². The Labute approximate surface area is 119 Å². The summed E-state index contributed by atoms with van der Waals surface area (Å²) in [6.45, 7) is 4.54. The number of benzene rings is 1. The van der Waals surface area contributed by atoms with Gasteiger partial charge < -0.3 is 9.64 Å². The Bertz CT molecular complexity index is 524. The molecule has 1 unspecified atom stereocenters. The van der Waals surface area contributed by atoms with E-state index in [0.717, 1.165) is 24.0 Å². The van der Waals surface area contributed by atoms with E-state index in [-0.39, 0.29) is 11.9 Å². The number of hydrogen-bond donors (Lipinski definition) is 0. The van der Waals surface area contributed by atoms with Crippen LogP contribution in [0.1, 0.15) is 40.7 Å². The summed E-state index contributed by atoms with van der Waals surface area (Å²) in [6, 6.07) is 5.32. The van der Waals surface area contributed by atoms with Gasteiger partial charge >= 0.3 is 5.97 Å². The molecule has 1 aliphatic rings. The lowest BCUT2D eigenvalue weighted by Crippen LogP contribution is -2.48. The average molecular weight is 275 g/mol. The lowest BCUT2D eigenvalue weighted by molar-refractivity contribution is -0.147. The van der Waals surface area contributed by atoms with Crippen molar-refractivity contribution in [3.63, 3.8) is 0 Å². The van der Waals surface area contributed by atoms with Crippen molar-refractivity contribution in [1.29, 1.82) is 0 Å². The van der Waals surface area contributed by atoms with Crippen LogP contribution in [0.5, 0.6) is 0 Å². The molecule has 0 N–H and O–H groups in total. The van der Waals surface area contributed by atoms with Crippen LogP contribution in [0, 0.1) is 13.8 Å². The molecular formula is C16H21NO3. The summed E-state index contributed by atoms with van der Waals surface area (Å²) in [5.41, 5.74) is 2.75. The van der Waals surface area contributed by atoms with Gasteiger partial charge in [0.1, 0.15) is 6.04 Å². The van der Waals surface area contributed by atoms with Crippen LogP contribution in [-0.4, -0.2) is 36.5 Å². The van der Waals surface area contributed by atoms with Crippen LogP contribution in [-0.2, 0) is 9.53 Å². The number of likely N-dealkylation sites (tertiary alicyclic amines) is 1. The third-order valence-corrected chi connectivity index (χ3v) is 3.85. The number of aryl methyl sites for hydroxylation is 2. The number of hydrogen-bond acceptors (Lipinski definition) is 3. The van der Waals surface area contributed by atoms with Crippen molar-refractivity contribution in [2.24, 2.45) is 0 Å². The summed E-state index contributed by atoms with van der Waals surface area (Å²) >= 11 is 0. The number of carbonyl (C=O) groups excluding carboxylic acids is 2. The highest BCUT2D eigenvalue weighted by Gasteiger charge is 2.33. The number of rotatable bonds is 2. The molecule has 0 aliphatic carbocycles. The topological polar surface area (TPSA) is 46.6 Å². The zero-order valence-electron chi connectivity index (χ0n) is 12.3. The number of ether oxygens (including phenoxy) is 1. The van der Waals surface area contributed by atoms with Gasteiger partial charge in [-0.3, -0.25) is 4.79 Å². The minimum atomic E-state index is -0.443. The van der Waals surface area contributed by atoms with Crippen LogP contribution in [0.4, 0.5) is 0 Å². The molecule has 2 rings (SSSR count). The minimum absolute atomic E-state index is 0.0717. The Balaban J connectivity index is 2.27. The normalized spacial score (nSPS) is 18.8. The molecule has 108 valence electrons. The van der Waals surface area contributed by atoms with Gasteiger partial charge in [-0.2, -0.15) is 0 Å². The molecule has 0 saturated carbocycles. The monoisotopic (exact) mass is 275 g/mol. The highest BCUT2D eigenvalue weighted by molar-refractivity contribution is 5.98. The van der Waals surface area contributed by atoms with Gasteiger partial charge in [-0.15, -0.1) is 0 Å². The smallest absolute Gasteiger partial charge is 0.328 e. The van der Waals surface area contributed by atoms with Crippen LogP contribution in [0.15, 0.2) is 18.2 Å². The molecule has 4 nitrogen and oxygen atoms in total. The maximum absolute atomic E-state index is 12.7. The second-order valence-corrected chi connectivity index (χ2v) is 5.35. The number of methoxy groups -OCH3 is 1. The fraction of sp³-hybridized carbons (Fsp3) is 0.500. The first-order valence-electron chi connectivity index (χ1n) is 7.00. The summed E-state index contributed by atoms with van der Waals surface area (Å²) in [4.78, 5) is 26.2. The lowest BCUT2D eigenvalue weighted by Gasteiger charge is -2.34. The van der Waals surface area contributed by atoms with Gasteiger partial charge in [-0.25, -0.2) is 4.79 Å². The van der Waals surface area contributed by atoms with Crippen molar-refractivity contribution < 1.29 is 14.3 Å².